The fraction of sp³-hybridized carbons (Fsp3) is 0.533. The minimum atomic E-state index is -0.202. The zero-order chi connectivity index (χ0) is 15.7. The topological polar surface area (TPSA) is 69.0 Å². The maximum Gasteiger partial charge on any atom is 0.271 e. The Morgan fingerprint density at radius 1 is 1.55 bits per heavy atom. The summed E-state index contributed by atoms with van der Waals surface area (Å²) in [5.74, 6) is 1.03. The van der Waals surface area contributed by atoms with Crippen LogP contribution in [0.3, 0.4) is 0 Å². The van der Waals surface area contributed by atoms with Crippen LogP contribution < -0.4 is 5.32 Å². The van der Waals surface area contributed by atoms with Gasteiger partial charge >= 0.3 is 0 Å². The molecular weight excluding hydrogens is 300 g/mol. The highest BCUT2D eigenvalue weighted by Crippen LogP contribution is 2.28. The Labute approximate surface area is 133 Å². The van der Waals surface area contributed by atoms with Gasteiger partial charge < -0.3 is 14.6 Å². The molecule has 6 nitrogen and oxygen atoms in total. The van der Waals surface area contributed by atoms with E-state index in [1.54, 1.807) is 6.20 Å². The van der Waals surface area contributed by atoms with Gasteiger partial charge in [0.25, 0.3) is 5.91 Å². The summed E-state index contributed by atoms with van der Waals surface area (Å²) in [6, 6.07) is -0.0715. The fourth-order valence-corrected chi connectivity index (χ4v) is 3.36. The van der Waals surface area contributed by atoms with Crippen LogP contribution in [0.5, 0.6) is 0 Å². The Balaban J connectivity index is 1.71. The number of hydrogen-bond donors (Lipinski definition) is 1. The minimum absolute atomic E-state index is 0.0715. The number of carbonyl (C=O) groups is 1. The third-order valence-electron chi connectivity index (χ3n) is 3.77. The van der Waals surface area contributed by atoms with E-state index in [1.807, 2.05) is 23.2 Å². The van der Waals surface area contributed by atoms with Gasteiger partial charge in [-0.05, 0) is 6.42 Å². The molecule has 0 radical (unpaired) electrons. The number of amides is 1. The van der Waals surface area contributed by atoms with Gasteiger partial charge in [-0.2, -0.15) is 0 Å². The lowest BCUT2D eigenvalue weighted by Gasteiger charge is -2.19. The number of nitrogens with one attached hydrogen (secondary N) is 1. The van der Waals surface area contributed by atoms with E-state index in [-0.39, 0.29) is 18.1 Å². The number of hydrogen-bond acceptors (Lipinski definition) is 5. The quantitative estimate of drug-likeness (QED) is 0.938. The molecule has 1 N–H and O–H groups in total. The number of carbonyl (C=O) groups excluding carboxylic acids is 1. The molecular formula is C15H20N4O2S. The summed E-state index contributed by atoms with van der Waals surface area (Å²) in [4.78, 5) is 21.1. The van der Waals surface area contributed by atoms with Crippen LogP contribution in [0.2, 0.25) is 0 Å². The number of thiazole rings is 1. The van der Waals surface area contributed by atoms with Gasteiger partial charge in [-0.25, -0.2) is 9.97 Å². The van der Waals surface area contributed by atoms with Gasteiger partial charge in [-0.15, -0.1) is 11.3 Å². The first-order valence-electron chi connectivity index (χ1n) is 7.41. The van der Waals surface area contributed by atoms with E-state index in [4.69, 9.17) is 4.74 Å². The standard InChI is InChI=1S/C15H20N4O2S/c1-9(2)15-18-11(8-22-15)14(20)17-10-4-7-21-12(10)13-16-5-6-19(13)3/h5-6,8-10,12H,4,7H2,1-3H3,(H,17,20)/t10-,12-/m0/s1. The van der Waals surface area contributed by atoms with E-state index >= 15 is 0 Å². The van der Waals surface area contributed by atoms with Gasteiger partial charge in [0.1, 0.15) is 17.6 Å². The molecule has 1 fully saturated rings. The van der Waals surface area contributed by atoms with Crippen LogP contribution in [0.1, 0.15) is 53.6 Å². The van der Waals surface area contributed by atoms with Crippen molar-refractivity contribution in [3.63, 3.8) is 0 Å². The highest BCUT2D eigenvalue weighted by molar-refractivity contribution is 7.09. The van der Waals surface area contributed by atoms with E-state index < -0.39 is 0 Å². The molecule has 3 rings (SSSR count). The van der Waals surface area contributed by atoms with E-state index in [0.717, 1.165) is 17.3 Å². The molecule has 1 aliphatic heterocycles. The summed E-state index contributed by atoms with van der Waals surface area (Å²) in [6.45, 7) is 4.77. The van der Waals surface area contributed by atoms with Gasteiger partial charge in [0, 0.05) is 37.3 Å². The van der Waals surface area contributed by atoms with Crippen LogP contribution in [0.4, 0.5) is 0 Å². The van der Waals surface area contributed by atoms with Crippen LogP contribution in [-0.2, 0) is 11.8 Å². The third-order valence-corrected chi connectivity index (χ3v) is 4.91. The minimum Gasteiger partial charge on any atom is -0.368 e. The largest absolute Gasteiger partial charge is 0.368 e. The van der Waals surface area contributed by atoms with E-state index in [0.29, 0.717) is 18.2 Å². The molecule has 0 aromatic carbocycles. The molecule has 0 saturated carbocycles. The Hall–Kier alpha value is -1.73. The van der Waals surface area contributed by atoms with Crippen molar-refractivity contribution in [1.29, 1.82) is 0 Å². The van der Waals surface area contributed by atoms with E-state index in [9.17, 15) is 4.79 Å². The van der Waals surface area contributed by atoms with Crippen LogP contribution in [-0.4, -0.2) is 33.1 Å². The second-order valence-corrected chi connectivity index (χ2v) is 6.67. The summed E-state index contributed by atoms with van der Waals surface area (Å²) in [5, 5.41) is 5.84. The second-order valence-electron chi connectivity index (χ2n) is 5.78. The number of ether oxygens (including phenoxy) is 1. The van der Waals surface area contributed by atoms with Crippen molar-refractivity contribution in [2.45, 2.75) is 38.3 Å². The van der Waals surface area contributed by atoms with Gasteiger partial charge in [-0.1, -0.05) is 13.8 Å². The maximum atomic E-state index is 12.4. The highest BCUT2D eigenvalue weighted by atomic mass is 32.1. The van der Waals surface area contributed by atoms with Crippen molar-refractivity contribution < 1.29 is 9.53 Å². The lowest BCUT2D eigenvalue weighted by Crippen LogP contribution is -2.37. The van der Waals surface area contributed by atoms with Gasteiger partial charge in [0.15, 0.2) is 0 Å². The zero-order valence-corrected chi connectivity index (χ0v) is 13.8. The Kier molecular flexibility index (Phi) is 4.26. The normalized spacial score (nSPS) is 21.5. The van der Waals surface area contributed by atoms with Crippen LogP contribution in [0, 0.1) is 0 Å². The Morgan fingerprint density at radius 3 is 3.00 bits per heavy atom. The third kappa shape index (κ3) is 2.91. The summed E-state index contributed by atoms with van der Waals surface area (Å²) in [6.07, 6.45) is 4.20. The second kappa shape index (κ2) is 6.18. The molecule has 3 heterocycles. The summed E-state index contributed by atoms with van der Waals surface area (Å²) < 4.78 is 7.68. The molecule has 22 heavy (non-hydrogen) atoms. The van der Waals surface area contributed by atoms with Crippen LogP contribution in [0.15, 0.2) is 17.8 Å². The van der Waals surface area contributed by atoms with Crippen molar-refractivity contribution in [3.05, 3.63) is 34.3 Å². The molecule has 1 aliphatic rings. The average molecular weight is 320 g/mol. The first-order valence-corrected chi connectivity index (χ1v) is 8.29. The summed E-state index contributed by atoms with van der Waals surface area (Å²) in [7, 11) is 1.93. The molecule has 0 spiro atoms. The van der Waals surface area contributed by atoms with Gasteiger partial charge in [0.2, 0.25) is 0 Å². The maximum absolute atomic E-state index is 12.4. The highest BCUT2D eigenvalue weighted by Gasteiger charge is 2.34. The average Bonchev–Trinajstić information content (AvgIpc) is 3.18. The number of nitrogens with zero attached hydrogens (tertiary/aromatic N) is 3. The summed E-state index contributed by atoms with van der Waals surface area (Å²) in [5.41, 5.74) is 0.485. The smallest absolute Gasteiger partial charge is 0.271 e. The van der Waals surface area contributed by atoms with Crippen molar-refractivity contribution in [2.75, 3.05) is 6.61 Å². The number of rotatable bonds is 4. The monoisotopic (exact) mass is 320 g/mol. The molecule has 1 amide bonds. The molecule has 0 unspecified atom stereocenters. The zero-order valence-electron chi connectivity index (χ0n) is 12.9. The van der Waals surface area contributed by atoms with Crippen molar-refractivity contribution in [1.82, 2.24) is 19.9 Å². The molecule has 118 valence electrons. The lowest BCUT2D eigenvalue weighted by atomic mass is 10.1. The number of aromatic nitrogens is 3. The first kappa shape index (κ1) is 15.2. The first-order chi connectivity index (χ1) is 10.6. The van der Waals surface area contributed by atoms with E-state index in [1.165, 1.54) is 11.3 Å². The lowest BCUT2D eigenvalue weighted by molar-refractivity contribution is 0.0776. The predicted molar refractivity (Wildman–Crippen MR) is 84.0 cm³/mol. The summed E-state index contributed by atoms with van der Waals surface area (Å²) >= 11 is 1.53. The molecule has 0 bridgehead atoms. The molecule has 7 heteroatoms. The van der Waals surface area contributed by atoms with Crippen molar-refractivity contribution in [3.8, 4) is 0 Å². The fourth-order valence-electron chi connectivity index (χ4n) is 2.54. The van der Waals surface area contributed by atoms with Gasteiger partial charge in [-0.3, -0.25) is 4.79 Å². The molecule has 2 aromatic heterocycles. The van der Waals surface area contributed by atoms with Crippen molar-refractivity contribution in [2.24, 2.45) is 7.05 Å². The van der Waals surface area contributed by atoms with Crippen molar-refractivity contribution >= 4 is 17.2 Å². The Morgan fingerprint density at radius 2 is 2.36 bits per heavy atom. The van der Waals surface area contributed by atoms with Crippen LogP contribution in [0.25, 0.3) is 0 Å². The van der Waals surface area contributed by atoms with E-state index in [2.05, 4.69) is 29.1 Å². The molecule has 0 aliphatic carbocycles. The SMILES string of the molecule is CC(C)c1nc(C(=O)N[C@H]2CCO[C@@H]2c2nccn2C)cs1. The number of imidazole rings is 1. The Bertz CT molecular complexity index is 664. The van der Waals surface area contributed by atoms with Gasteiger partial charge in [0.05, 0.1) is 11.0 Å². The molecule has 1 saturated heterocycles. The predicted octanol–water partition coefficient (Wildman–Crippen LogP) is 2.26. The molecule has 2 atom stereocenters. The number of aryl methyl sites for hydroxylation is 1. The van der Waals surface area contributed by atoms with Crippen LogP contribution >= 0.6 is 11.3 Å². The molecule has 2 aromatic rings.